The Morgan fingerprint density at radius 2 is 2.12 bits per heavy atom. The third kappa shape index (κ3) is 3.32. The van der Waals surface area contributed by atoms with Crippen LogP contribution in [-0.4, -0.2) is 32.2 Å². The van der Waals surface area contributed by atoms with Crippen molar-refractivity contribution in [1.82, 2.24) is 19.5 Å². The van der Waals surface area contributed by atoms with Crippen LogP contribution in [0.4, 0.5) is 5.82 Å². The van der Waals surface area contributed by atoms with E-state index < -0.39 is 0 Å². The van der Waals surface area contributed by atoms with E-state index in [0.717, 1.165) is 5.56 Å². The van der Waals surface area contributed by atoms with Gasteiger partial charge in [-0.25, -0.2) is 15.0 Å². The summed E-state index contributed by atoms with van der Waals surface area (Å²) >= 11 is 0. The zero-order chi connectivity index (χ0) is 17.1. The second kappa shape index (κ2) is 6.44. The minimum absolute atomic E-state index is 0.218. The third-order valence-electron chi connectivity index (χ3n) is 3.50. The molecule has 124 valence electrons. The highest BCUT2D eigenvalue weighted by atomic mass is 16.7. The summed E-state index contributed by atoms with van der Waals surface area (Å²) < 4.78 is 12.3. The molecule has 0 radical (unpaired) electrons. The van der Waals surface area contributed by atoms with Crippen LogP contribution >= 0.6 is 0 Å². The minimum atomic E-state index is -0.298. The number of hydrogen-bond acceptors (Lipinski definition) is 6. The molecule has 0 atom stereocenters. The van der Waals surface area contributed by atoms with Crippen molar-refractivity contribution in [2.24, 2.45) is 0 Å². The molecule has 25 heavy (non-hydrogen) atoms. The van der Waals surface area contributed by atoms with Crippen LogP contribution in [0.5, 0.6) is 11.5 Å². The third-order valence-corrected chi connectivity index (χ3v) is 3.50. The van der Waals surface area contributed by atoms with Crippen molar-refractivity contribution in [3.8, 4) is 17.3 Å². The summed E-state index contributed by atoms with van der Waals surface area (Å²) in [6, 6.07) is 7.13. The fraction of sp³-hybridized carbons (Fsp3) is 0.0588. The zero-order valence-electron chi connectivity index (χ0n) is 13.0. The quantitative estimate of drug-likeness (QED) is 0.734. The summed E-state index contributed by atoms with van der Waals surface area (Å²) in [4.78, 5) is 24.2. The van der Waals surface area contributed by atoms with E-state index in [-0.39, 0.29) is 12.7 Å². The number of benzene rings is 1. The van der Waals surface area contributed by atoms with E-state index in [2.05, 4.69) is 20.3 Å². The van der Waals surface area contributed by atoms with E-state index in [1.54, 1.807) is 35.4 Å². The lowest BCUT2D eigenvalue weighted by atomic mass is 10.2. The molecular formula is C17H13N5O3. The fourth-order valence-electron chi connectivity index (χ4n) is 2.31. The summed E-state index contributed by atoms with van der Waals surface area (Å²) in [6.45, 7) is 0.218. The molecule has 0 fully saturated rings. The average molecular weight is 335 g/mol. The SMILES string of the molecule is O=C(/C=C/c1ccc2c(c1)OCO2)Nc1cc(-n2ccnc2)ncn1. The molecule has 1 aliphatic heterocycles. The maximum atomic E-state index is 12.1. The van der Waals surface area contributed by atoms with Crippen LogP contribution in [0.25, 0.3) is 11.9 Å². The second-order valence-corrected chi connectivity index (χ2v) is 5.17. The van der Waals surface area contributed by atoms with Gasteiger partial charge in [-0.3, -0.25) is 9.36 Å². The standard InChI is InChI=1S/C17H13N5O3/c23-17(4-2-12-1-3-13-14(7-12)25-11-24-13)21-15-8-16(20-9-19-15)22-6-5-18-10-22/h1-10H,11H2,(H,19,20,21,23)/b4-2+. The van der Waals surface area contributed by atoms with Crippen molar-refractivity contribution >= 4 is 17.8 Å². The number of ether oxygens (including phenoxy) is 2. The highest BCUT2D eigenvalue weighted by Crippen LogP contribution is 2.32. The number of nitrogens with one attached hydrogen (secondary N) is 1. The van der Waals surface area contributed by atoms with Gasteiger partial charge in [0.1, 0.15) is 24.3 Å². The van der Waals surface area contributed by atoms with Crippen LogP contribution in [-0.2, 0) is 4.79 Å². The molecule has 1 aromatic carbocycles. The maximum Gasteiger partial charge on any atom is 0.249 e. The van der Waals surface area contributed by atoms with Gasteiger partial charge >= 0.3 is 0 Å². The van der Waals surface area contributed by atoms with E-state index >= 15 is 0 Å². The van der Waals surface area contributed by atoms with Crippen LogP contribution in [0.3, 0.4) is 0 Å². The Morgan fingerprint density at radius 3 is 3.00 bits per heavy atom. The van der Waals surface area contributed by atoms with Gasteiger partial charge in [-0.05, 0) is 23.8 Å². The van der Waals surface area contributed by atoms with Gasteiger partial charge in [0, 0.05) is 24.5 Å². The summed E-state index contributed by atoms with van der Waals surface area (Å²) in [5.74, 6) is 2.09. The molecule has 0 aliphatic carbocycles. The molecule has 8 heteroatoms. The van der Waals surface area contributed by atoms with Crippen molar-refractivity contribution < 1.29 is 14.3 Å². The molecule has 3 heterocycles. The summed E-state index contributed by atoms with van der Waals surface area (Å²) in [5.41, 5.74) is 0.834. The van der Waals surface area contributed by atoms with Gasteiger partial charge in [0.15, 0.2) is 11.5 Å². The summed E-state index contributed by atoms with van der Waals surface area (Å²) in [6.07, 6.45) is 9.52. The number of fused-ring (bicyclic) bond motifs is 1. The first-order valence-corrected chi connectivity index (χ1v) is 7.47. The highest BCUT2D eigenvalue weighted by molar-refractivity contribution is 6.01. The van der Waals surface area contributed by atoms with Crippen LogP contribution in [0.1, 0.15) is 5.56 Å². The largest absolute Gasteiger partial charge is 0.454 e. The molecule has 1 amide bonds. The van der Waals surface area contributed by atoms with Crippen LogP contribution in [0.15, 0.2) is 55.4 Å². The van der Waals surface area contributed by atoms with Crippen molar-refractivity contribution in [2.45, 2.75) is 0 Å². The Bertz CT molecular complexity index is 937. The number of carbonyl (C=O) groups is 1. The lowest BCUT2D eigenvalue weighted by Crippen LogP contribution is -2.10. The zero-order valence-corrected chi connectivity index (χ0v) is 13.0. The smallest absolute Gasteiger partial charge is 0.249 e. The van der Waals surface area contributed by atoms with Crippen molar-refractivity contribution in [3.05, 3.63) is 61.0 Å². The Labute approximate surface area is 142 Å². The van der Waals surface area contributed by atoms with Gasteiger partial charge < -0.3 is 14.8 Å². The number of imidazole rings is 1. The van der Waals surface area contributed by atoms with Crippen LogP contribution in [0, 0.1) is 0 Å². The van der Waals surface area contributed by atoms with E-state index in [9.17, 15) is 4.79 Å². The molecule has 2 aromatic heterocycles. The molecule has 1 aliphatic rings. The molecule has 0 unspecified atom stereocenters. The van der Waals surface area contributed by atoms with E-state index in [1.807, 2.05) is 18.2 Å². The van der Waals surface area contributed by atoms with Gasteiger partial charge in [0.25, 0.3) is 0 Å². The molecule has 8 nitrogen and oxygen atoms in total. The Kier molecular flexibility index (Phi) is 3.83. The number of nitrogens with zero attached hydrogens (tertiary/aromatic N) is 4. The Hall–Kier alpha value is -3.68. The molecule has 0 saturated carbocycles. The van der Waals surface area contributed by atoms with Gasteiger partial charge in [-0.15, -0.1) is 0 Å². The maximum absolute atomic E-state index is 12.1. The van der Waals surface area contributed by atoms with Crippen molar-refractivity contribution in [2.75, 3.05) is 12.1 Å². The fourth-order valence-corrected chi connectivity index (χ4v) is 2.31. The number of carbonyl (C=O) groups excluding carboxylic acids is 1. The number of aromatic nitrogens is 4. The van der Waals surface area contributed by atoms with Gasteiger partial charge in [-0.2, -0.15) is 0 Å². The first kappa shape index (κ1) is 14.9. The monoisotopic (exact) mass is 335 g/mol. The van der Waals surface area contributed by atoms with Gasteiger partial charge in [0.2, 0.25) is 12.7 Å². The summed E-state index contributed by atoms with van der Waals surface area (Å²) in [5, 5.41) is 2.70. The molecular weight excluding hydrogens is 322 g/mol. The van der Waals surface area contributed by atoms with Crippen molar-refractivity contribution in [3.63, 3.8) is 0 Å². The predicted octanol–water partition coefficient (Wildman–Crippen LogP) is 2.04. The van der Waals surface area contributed by atoms with E-state index in [0.29, 0.717) is 23.1 Å². The number of anilines is 1. The molecule has 0 bridgehead atoms. The van der Waals surface area contributed by atoms with Gasteiger partial charge in [0.05, 0.1) is 0 Å². The molecule has 1 N–H and O–H groups in total. The normalized spacial score (nSPS) is 12.5. The first-order valence-electron chi connectivity index (χ1n) is 7.47. The first-order chi connectivity index (χ1) is 12.3. The predicted molar refractivity (Wildman–Crippen MR) is 89.4 cm³/mol. The number of rotatable bonds is 4. The highest BCUT2D eigenvalue weighted by Gasteiger charge is 2.12. The number of amides is 1. The molecule has 0 spiro atoms. The topological polar surface area (TPSA) is 91.2 Å². The lowest BCUT2D eigenvalue weighted by Gasteiger charge is -2.04. The second-order valence-electron chi connectivity index (χ2n) is 5.17. The van der Waals surface area contributed by atoms with E-state index in [4.69, 9.17) is 9.47 Å². The van der Waals surface area contributed by atoms with Crippen LogP contribution in [0.2, 0.25) is 0 Å². The van der Waals surface area contributed by atoms with Gasteiger partial charge in [-0.1, -0.05) is 6.07 Å². The average Bonchev–Trinajstić information content (AvgIpc) is 3.31. The molecule has 0 saturated heterocycles. The Balaban J connectivity index is 1.44. The minimum Gasteiger partial charge on any atom is -0.454 e. The molecule has 4 rings (SSSR count). The number of hydrogen-bond donors (Lipinski definition) is 1. The Morgan fingerprint density at radius 1 is 1.20 bits per heavy atom. The summed E-state index contributed by atoms with van der Waals surface area (Å²) in [7, 11) is 0. The molecule has 3 aromatic rings. The van der Waals surface area contributed by atoms with Crippen molar-refractivity contribution in [1.29, 1.82) is 0 Å². The lowest BCUT2D eigenvalue weighted by molar-refractivity contribution is -0.111. The van der Waals surface area contributed by atoms with Crippen LogP contribution < -0.4 is 14.8 Å². The van der Waals surface area contributed by atoms with E-state index in [1.165, 1.54) is 12.4 Å².